The van der Waals surface area contributed by atoms with Crippen LogP contribution in [-0.4, -0.2) is 26.8 Å². The van der Waals surface area contributed by atoms with Crippen LogP contribution in [0.2, 0.25) is 0 Å². The molecule has 17 heavy (non-hydrogen) atoms. The number of aromatic nitrogens is 2. The van der Waals surface area contributed by atoms with Gasteiger partial charge in [0, 0.05) is 5.75 Å². The summed E-state index contributed by atoms with van der Waals surface area (Å²) in [6.45, 7) is 0. The second-order valence-corrected chi connectivity index (χ2v) is 5.97. The quantitative estimate of drug-likeness (QED) is 0.639. The number of aliphatic carboxylic acids is 1. The summed E-state index contributed by atoms with van der Waals surface area (Å²) in [4.78, 5) is 28.5. The molecule has 1 heterocycles. The highest BCUT2D eigenvalue weighted by Gasteiger charge is 2.44. The molecule has 0 saturated heterocycles. The topological polar surface area (TPSA) is 83.0 Å². The van der Waals surface area contributed by atoms with Gasteiger partial charge >= 0.3 is 5.97 Å². The maximum absolute atomic E-state index is 11.3. The molecule has 1 saturated carbocycles. The number of H-pyrrole nitrogens is 1. The standard InChI is InChI=1S/C10H11BrN2O3S/c11-7-8(16)12-5-13-9(7)17-4-10(1-2-10)3-6(14)15/h5H,1-4H2,(H,14,15)(H,12,13,16). The van der Waals surface area contributed by atoms with Gasteiger partial charge in [-0.2, -0.15) is 0 Å². The lowest BCUT2D eigenvalue weighted by atomic mass is 10.1. The molecule has 2 N–H and O–H groups in total. The Labute approximate surface area is 110 Å². The van der Waals surface area contributed by atoms with Crippen LogP contribution in [0.3, 0.4) is 0 Å². The molecule has 7 heteroatoms. The highest BCUT2D eigenvalue weighted by Crippen LogP contribution is 2.52. The van der Waals surface area contributed by atoms with Crippen molar-refractivity contribution in [3.8, 4) is 0 Å². The van der Waals surface area contributed by atoms with Gasteiger partial charge in [-0.15, -0.1) is 11.8 Å². The van der Waals surface area contributed by atoms with Crippen molar-refractivity contribution in [1.82, 2.24) is 9.97 Å². The Kier molecular flexibility index (Phi) is 3.58. The van der Waals surface area contributed by atoms with E-state index in [1.165, 1.54) is 18.1 Å². The van der Waals surface area contributed by atoms with Crippen LogP contribution in [-0.2, 0) is 4.79 Å². The van der Waals surface area contributed by atoms with E-state index < -0.39 is 5.97 Å². The van der Waals surface area contributed by atoms with Crippen LogP contribution in [0, 0.1) is 5.41 Å². The fraction of sp³-hybridized carbons (Fsp3) is 0.500. The number of carboxylic acid groups (broad SMARTS) is 1. The van der Waals surface area contributed by atoms with Crippen molar-refractivity contribution in [3.05, 3.63) is 21.2 Å². The fourth-order valence-corrected chi connectivity index (χ4v) is 3.30. The number of nitrogens with zero attached hydrogens (tertiary/aromatic N) is 1. The molecule has 0 aliphatic heterocycles. The first-order chi connectivity index (χ1) is 8.02. The van der Waals surface area contributed by atoms with E-state index in [1.54, 1.807) is 0 Å². The lowest BCUT2D eigenvalue weighted by molar-refractivity contribution is -0.138. The predicted molar refractivity (Wildman–Crippen MR) is 67.2 cm³/mol. The zero-order valence-electron chi connectivity index (χ0n) is 8.90. The van der Waals surface area contributed by atoms with Crippen LogP contribution in [0.1, 0.15) is 19.3 Å². The number of hydrogen-bond donors (Lipinski definition) is 2. The smallest absolute Gasteiger partial charge is 0.303 e. The van der Waals surface area contributed by atoms with Crippen LogP contribution in [0.5, 0.6) is 0 Å². The summed E-state index contributed by atoms with van der Waals surface area (Å²) < 4.78 is 0.413. The van der Waals surface area contributed by atoms with Crippen LogP contribution in [0.25, 0.3) is 0 Å². The van der Waals surface area contributed by atoms with E-state index in [1.807, 2.05) is 0 Å². The SMILES string of the molecule is O=C(O)CC1(CSc2nc[nH]c(=O)c2Br)CC1. The molecule has 0 spiro atoms. The fourth-order valence-electron chi connectivity index (χ4n) is 1.56. The van der Waals surface area contributed by atoms with Gasteiger partial charge in [0.25, 0.3) is 5.56 Å². The maximum atomic E-state index is 11.3. The minimum atomic E-state index is -0.763. The molecule has 1 aromatic heterocycles. The van der Waals surface area contributed by atoms with Crippen molar-refractivity contribution < 1.29 is 9.90 Å². The van der Waals surface area contributed by atoms with E-state index >= 15 is 0 Å². The maximum Gasteiger partial charge on any atom is 0.303 e. The van der Waals surface area contributed by atoms with Crippen molar-refractivity contribution >= 4 is 33.7 Å². The van der Waals surface area contributed by atoms with E-state index in [0.717, 1.165) is 12.8 Å². The molecular weight excluding hydrogens is 308 g/mol. The summed E-state index contributed by atoms with van der Waals surface area (Å²) in [6.07, 6.45) is 3.42. The number of halogens is 1. The molecule has 1 aliphatic rings. The van der Waals surface area contributed by atoms with E-state index in [0.29, 0.717) is 15.3 Å². The van der Waals surface area contributed by atoms with Crippen LogP contribution in [0.15, 0.2) is 20.6 Å². The number of rotatable bonds is 5. The van der Waals surface area contributed by atoms with Crippen LogP contribution >= 0.6 is 27.7 Å². The zero-order chi connectivity index (χ0) is 12.5. The highest BCUT2D eigenvalue weighted by molar-refractivity contribution is 9.10. The minimum absolute atomic E-state index is 0.0970. The monoisotopic (exact) mass is 318 g/mol. The molecule has 0 atom stereocenters. The average molecular weight is 319 g/mol. The Bertz CT molecular complexity index is 499. The van der Waals surface area contributed by atoms with Gasteiger partial charge in [-0.25, -0.2) is 4.98 Å². The number of aromatic amines is 1. The Balaban J connectivity index is 2.01. The van der Waals surface area contributed by atoms with Crippen molar-refractivity contribution in [2.75, 3.05) is 5.75 Å². The number of nitrogens with one attached hydrogen (secondary N) is 1. The number of hydrogen-bond acceptors (Lipinski definition) is 4. The zero-order valence-corrected chi connectivity index (χ0v) is 11.3. The second-order valence-electron chi connectivity index (χ2n) is 4.21. The summed E-state index contributed by atoms with van der Waals surface area (Å²) in [7, 11) is 0. The molecule has 0 unspecified atom stereocenters. The molecule has 0 aromatic carbocycles. The van der Waals surface area contributed by atoms with Gasteiger partial charge in [0.2, 0.25) is 0 Å². The molecule has 0 radical (unpaired) electrons. The third-order valence-corrected chi connectivity index (χ3v) is 5.10. The van der Waals surface area contributed by atoms with Gasteiger partial charge in [0.1, 0.15) is 9.50 Å². The van der Waals surface area contributed by atoms with Crippen LogP contribution in [0.4, 0.5) is 0 Å². The first-order valence-electron chi connectivity index (χ1n) is 5.10. The summed E-state index contributed by atoms with van der Waals surface area (Å²) >= 11 is 4.61. The van der Waals surface area contributed by atoms with E-state index in [9.17, 15) is 9.59 Å². The molecule has 0 amide bonds. The molecule has 1 aliphatic carbocycles. The van der Waals surface area contributed by atoms with E-state index in [4.69, 9.17) is 5.11 Å². The first-order valence-corrected chi connectivity index (χ1v) is 6.88. The van der Waals surface area contributed by atoms with Crippen molar-refractivity contribution in [3.63, 3.8) is 0 Å². The lowest BCUT2D eigenvalue weighted by Crippen LogP contribution is -2.12. The predicted octanol–water partition coefficient (Wildman–Crippen LogP) is 1.88. The Morgan fingerprint density at radius 3 is 2.94 bits per heavy atom. The molecule has 1 fully saturated rings. The van der Waals surface area contributed by atoms with Crippen molar-refractivity contribution in [1.29, 1.82) is 0 Å². The van der Waals surface area contributed by atoms with Gasteiger partial charge in [0.15, 0.2) is 0 Å². The lowest BCUT2D eigenvalue weighted by Gasteiger charge is -2.11. The van der Waals surface area contributed by atoms with E-state index in [2.05, 4.69) is 25.9 Å². The van der Waals surface area contributed by atoms with Crippen molar-refractivity contribution in [2.24, 2.45) is 5.41 Å². The summed E-state index contributed by atoms with van der Waals surface area (Å²) in [5.41, 5.74) is -0.314. The molecule has 5 nitrogen and oxygen atoms in total. The summed E-state index contributed by atoms with van der Waals surface area (Å²) in [5, 5.41) is 9.41. The number of carbonyl (C=O) groups is 1. The molecular formula is C10H11BrN2O3S. The first kappa shape index (κ1) is 12.6. The third kappa shape index (κ3) is 3.10. The Morgan fingerprint density at radius 1 is 1.65 bits per heavy atom. The van der Waals surface area contributed by atoms with E-state index in [-0.39, 0.29) is 17.4 Å². The largest absolute Gasteiger partial charge is 0.481 e. The minimum Gasteiger partial charge on any atom is -0.481 e. The molecule has 2 rings (SSSR count). The summed E-state index contributed by atoms with van der Waals surface area (Å²) in [6, 6.07) is 0. The molecule has 1 aromatic rings. The Morgan fingerprint density at radius 2 is 2.35 bits per heavy atom. The molecule has 0 bridgehead atoms. The highest BCUT2D eigenvalue weighted by atomic mass is 79.9. The van der Waals surface area contributed by atoms with Crippen molar-refractivity contribution in [2.45, 2.75) is 24.3 Å². The second kappa shape index (κ2) is 4.81. The van der Waals surface area contributed by atoms with Gasteiger partial charge in [-0.1, -0.05) is 0 Å². The average Bonchev–Trinajstić information content (AvgIpc) is 3.00. The van der Waals surface area contributed by atoms with Gasteiger partial charge in [-0.3, -0.25) is 9.59 Å². The number of thioether (sulfide) groups is 1. The van der Waals surface area contributed by atoms with Gasteiger partial charge < -0.3 is 10.1 Å². The molecule has 92 valence electrons. The van der Waals surface area contributed by atoms with Crippen LogP contribution < -0.4 is 5.56 Å². The van der Waals surface area contributed by atoms with Gasteiger partial charge in [0.05, 0.1) is 12.7 Å². The normalized spacial score (nSPS) is 16.8. The Hall–Kier alpha value is -0.820. The third-order valence-electron chi connectivity index (χ3n) is 2.76. The van der Waals surface area contributed by atoms with Gasteiger partial charge in [-0.05, 0) is 34.2 Å². The summed E-state index contributed by atoms with van der Waals surface area (Å²) in [5.74, 6) is -0.0741. The number of carboxylic acids is 1.